The topological polar surface area (TPSA) is 136 Å². The summed E-state index contributed by atoms with van der Waals surface area (Å²) in [4.78, 5) is 46.2. The lowest BCUT2D eigenvalue weighted by atomic mass is 10.1. The summed E-state index contributed by atoms with van der Waals surface area (Å²) >= 11 is 0. The van der Waals surface area contributed by atoms with Crippen molar-refractivity contribution in [2.75, 3.05) is 12.0 Å². The maximum Gasteiger partial charge on any atom is 0.292 e. The van der Waals surface area contributed by atoms with E-state index in [9.17, 15) is 29.8 Å². The number of para-hydroxylation sites is 2. The number of nitro benzene ring substituents is 2. The number of carbonyl (C=O) groups excluding carboxylic acids is 2. The van der Waals surface area contributed by atoms with Gasteiger partial charge in [-0.2, -0.15) is 0 Å². The molecule has 10 nitrogen and oxygen atoms in total. The van der Waals surface area contributed by atoms with Gasteiger partial charge in [0.25, 0.3) is 23.2 Å². The number of nitro groups is 2. The highest BCUT2D eigenvalue weighted by Gasteiger charge is 2.40. The number of hydrogen-bond acceptors (Lipinski definition) is 7. The zero-order valence-corrected chi connectivity index (χ0v) is 12.5. The lowest BCUT2D eigenvalue weighted by molar-refractivity contribution is -0.385. The van der Waals surface area contributed by atoms with Gasteiger partial charge in [-0.05, 0) is 12.1 Å². The van der Waals surface area contributed by atoms with Gasteiger partial charge in [-0.25, -0.2) is 0 Å². The molecule has 0 unspecified atom stereocenters. The Balaban J connectivity index is 1.88. The van der Waals surface area contributed by atoms with Crippen LogP contribution >= 0.6 is 0 Å². The lowest BCUT2D eigenvalue weighted by Crippen LogP contribution is -2.34. The molecule has 0 radical (unpaired) electrons. The predicted octanol–water partition coefficient (Wildman–Crippen LogP) is 2.17. The maximum atomic E-state index is 12.4. The summed E-state index contributed by atoms with van der Waals surface area (Å²) in [5.74, 6) is -1.52. The Morgan fingerprint density at radius 1 is 0.880 bits per heavy atom. The maximum absolute atomic E-state index is 12.4. The minimum absolute atomic E-state index is 0.0661. The molecule has 0 aromatic heterocycles. The molecule has 2 amide bonds. The third-order valence-corrected chi connectivity index (χ3v) is 3.70. The molecule has 0 saturated carbocycles. The average Bonchev–Trinajstić information content (AvgIpc) is 2.84. The van der Waals surface area contributed by atoms with E-state index in [0.29, 0.717) is 0 Å². The summed E-state index contributed by atoms with van der Waals surface area (Å²) < 4.78 is 0. The average molecular weight is 342 g/mol. The van der Waals surface area contributed by atoms with Crippen LogP contribution in [0.25, 0.3) is 0 Å². The van der Waals surface area contributed by atoms with E-state index >= 15 is 0 Å². The van der Waals surface area contributed by atoms with E-state index in [1.54, 1.807) is 6.07 Å². The number of nitrogens with one attached hydrogen (secondary N) is 1. The Kier molecular flexibility index (Phi) is 3.85. The Bertz CT molecular complexity index is 926. The number of amides is 2. The molecule has 0 fully saturated rings. The van der Waals surface area contributed by atoms with Crippen LogP contribution in [0.1, 0.15) is 20.7 Å². The van der Waals surface area contributed by atoms with Crippen LogP contribution in [0.15, 0.2) is 42.5 Å². The minimum Gasteiger partial charge on any atom is -0.362 e. The van der Waals surface area contributed by atoms with Gasteiger partial charge in [0.1, 0.15) is 11.3 Å². The summed E-state index contributed by atoms with van der Waals surface area (Å²) in [6, 6.07) is 9.53. The van der Waals surface area contributed by atoms with Crippen molar-refractivity contribution < 1.29 is 19.4 Å². The SMILES string of the molecule is O=C1c2cccc([N+](=O)[O-])c2C(=O)N1CNc1ccccc1[N+](=O)[O-]. The summed E-state index contributed by atoms with van der Waals surface area (Å²) in [6.07, 6.45) is 0. The highest BCUT2D eigenvalue weighted by Crippen LogP contribution is 2.31. The molecule has 0 aliphatic carbocycles. The van der Waals surface area contributed by atoms with Gasteiger partial charge >= 0.3 is 0 Å². The van der Waals surface area contributed by atoms with Crippen LogP contribution in [-0.4, -0.2) is 33.2 Å². The van der Waals surface area contributed by atoms with E-state index in [2.05, 4.69) is 5.32 Å². The molecule has 126 valence electrons. The van der Waals surface area contributed by atoms with E-state index in [0.717, 1.165) is 11.0 Å². The van der Waals surface area contributed by atoms with Gasteiger partial charge in [-0.1, -0.05) is 18.2 Å². The summed E-state index contributed by atoms with van der Waals surface area (Å²) in [5, 5.41) is 24.7. The first-order valence-electron chi connectivity index (χ1n) is 7.02. The van der Waals surface area contributed by atoms with Crippen molar-refractivity contribution in [3.05, 3.63) is 73.8 Å². The standard InChI is InChI=1S/C15H10N4O6/c20-14-9-4-3-7-12(19(24)25)13(9)15(21)17(14)8-16-10-5-1-2-6-11(10)18(22)23/h1-7,16H,8H2. The van der Waals surface area contributed by atoms with Crippen molar-refractivity contribution in [2.24, 2.45) is 0 Å². The molecule has 0 atom stereocenters. The second-order valence-corrected chi connectivity index (χ2v) is 5.10. The van der Waals surface area contributed by atoms with Crippen LogP contribution < -0.4 is 5.32 Å². The molecule has 1 N–H and O–H groups in total. The van der Waals surface area contributed by atoms with Crippen LogP contribution in [-0.2, 0) is 0 Å². The molecule has 0 spiro atoms. The highest BCUT2D eigenvalue weighted by molar-refractivity contribution is 6.23. The molecule has 0 saturated heterocycles. The lowest BCUT2D eigenvalue weighted by Gasteiger charge is -2.15. The third kappa shape index (κ3) is 2.65. The van der Waals surface area contributed by atoms with E-state index in [1.807, 2.05) is 0 Å². The van der Waals surface area contributed by atoms with Crippen molar-refractivity contribution in [3.8, 4) is 0 Å². The van der Waals surface area contributed by atoms with Gasteiger partial charge in [-0.15, -0.1) is 0 Å². The molecule has 2 aromatic rings. The molecule has 25 heavy (non-hydrogen) atoms. The van der Waals surface area contributed by atoms with Gasteiger partial charge in [0.15, 0.2) is 0 Å². The van der Waals surface area contributed by atoms with Crippen molar-refractivity contribution in [2.45, 2.75) is 0 Å². The highest BCUT2D eigenvalue weighted by atomic mass is 16.6. The monoisotopic (exact) mass is 342 g/mol. The fourth-order valence-electron chi connectivity index (χ4n) is 2.56. The molecule has 3 rings (SSSR count). The molecule has 1 aliphatic heterocycles. The first-order chi connectivity index (χ1) is 11.9. The van der Waals surface area contributed by atoms with Crippen molar-refractivity contribution in [3.63, 3.8) is 0 Å². The largest absolute Gasteiger partial charge is 0.362 e. The fourth-order valence-corrected chi connectivity index (χ4v) is 2.56. The van der Waals surface area contributed by atoms with Gasteiger partial charge < -0.3 is 5.32 Å². The molecule has 2 aromatic carbocycles. The van der Waals surface area contributed by atoms with Crippen LogP contribution in [0, 0.1) is 20.2 Å². The van der Waals surface area contributed by atoms with Crippen LogP contribution in [0.5, 0.6) is 0 Å². The van der Waals surface area contributed by atoms with Crippen molar-refractivity contribution in [1.29, 1.82) is 0 Å². The normalized spacial score (nSPS) is 12.9. The van der Waals surface area contributed by atoms with Crippen molar-refractivity contribution in [1.82, 2.24) is 4.90 Å². The van der Waals surface area contributed by atoms with Gasteiger partial charge in [0, 0.05) is 12.1 Å². The Hall–Kier alpha value is -3.82. The number of benzene rings is 2. The Morgan fingerprint density at radius 3 is 2.20 bits per heavy atom. The number of rotatable bonds is 5. The minimum atomic E-state index is -0.821. The first-order valence-corrected chi connectivity index (χ1v) is 7.02. The van der Waals surface area contributed by atoms with Crippen LogP contribution in [0.4, 0.5) is 17.1 Å². The number of carbonyl (C=O) groups is 2. The van der Waals surface area contributed by atoms with Crippen LogP contribution in [0.3, 0.4) is 0 Å². The summed E-state index contributed by atoms with van der Waals surface area (Å²) in [7, 11) is 0. The third-order valence-electron chi connectivity index (χ3n) is 3.70. The first kappa shape index (κ1) is 16.1. The molecule has 0 bridgehead atoms. The van der Waals surface area contributed by atoms with Gasteiger partial charge in [0.05, 0.1) is 22.1 Å². The zero-order chi connectivity index (χ0) is 18.1. The second kappa shape index (κ2) is 6.00. The fraction of sp³-hybridized carbons (Fsp3) is 0.0667. The van der Waals surface area contributed by atoms with E-state index in [1.165, 1.54) is 30.3 Å². The number of anilines is 1. The predicted molar refractivity (Wildman–Crippen MR) is 85.2 cm³/mol. The summed E-state index contributed by atoms with van der Waals surface area (Å²) in [6.45, 7) is -0.353. The number of fused-ring (bicyclic) bond motifs is 1. The second-order valence-electron chi connectivity index (χ2n) is 5.10. The smallest absolute Gasteiger partial charge is 0.292 e. The van der Waals surface area contributed by atoms with Crippen LogP contribution in [0.2, 0.25) is 0 Å². The zero-order valence-electron chi connectivity index (χ0n) is 12.5. The Morgan fingerprint density at radius 2 is 1.52 bits per heavy atom. The molecular formula is C15H10N4O6. The summed E-state index contributed by atoms with van der Waals surface area (Å²) in [5.41, 5.74) is -0.891. The number of hydrogen-bond donors (Lipinski definition) is 1. The van der Waals surface area contributed by atoms with Gasteiger partial charge in [0.2, 0.25) is 0 Å². The molecule has 1 heterocycles. The quantitative estimate of drug-likeness (QED) is 0.499. The molecule has 10 heteroatoms. The van der Waals surface area contributed by atoms with Crippen molar-refractivity contribution >= 4 is 28.9 Å². The number of imide groups is 1. The van der Waals surface area contributed by atoms with E-state index < -0.39 is 27.3 Å². The Labute approximate surface area is 140 Å². The van der Waals surface area contributed by atoms with E-state index in [-0.39, 0.29) is 29.2 Å². The molecule has 1 aliphatic rings. The van der Waals surface area contributed by atoms with Gasteiger partial charge in [-0.3, -0.25) is 34.7 Å². The number of nitrogens with zero attached hydrogens (tertiary/aromatic N) is 3. The van der Waals surface area contributed by atoms with E-state index in [4.69, 9.17) is 0 Å². The molecular weight excluding hydrogens is 332 g/mol.